The predicted molar refractivity (Wildman–Crippen MR) is 70.0 cm³/mol. The molecule has 0 spiro atoms. The van der Waals surface area contributed by atoms with Gasteiger partial charge >= 0.3 is 0 Å². The number of nitriles is 1. The van der Waals surface area contributed by atoms with Crippen LogP contribution in [0.2, 0.25) is 0 Å². The molecule has 0 aliphatic rings. The van der Waals surface area contributed by atoms with Crippen molar-refractivity contribution in [2.24, 2.45) is 0 Å². The summed E-state index contributed by atoms with van der Waals surface area (Å²) >= 11 is 3.34. The second-order valence-electron chi connectivity index (χ2n) is 3.39. The van der Waals surface area contributed by atoms with Gasteiger partial charge in [0.05, 0.1) is 11.3 Å². The van der Waals surface area contributed by atoms with Gasteiger partial charge in [0.15, 0.2) is 0 Å². The maximum atomic E-state index is 8.95. The third-order valence-electron chi connectivity index (χ3n) is 2.17. The third kappa shape index (κ3) is 3.96. The molecule has 0 aliphatic heterocycles. The molecule has 0 bridgehead atoms. The fraction of sp³-hybridized carbons (Fsp3) is 0.308. The van der Waals surface area contributed by atoms with Crippen LogP contribution in [0, 0.1) is 23.7 Å². The lowest BCUT2D eigenvalue weighted by Gasteiger charge is -2.07. The van der Waals surface area contributed by atoms with Gasteiger partial charge < -0.3 is 5.32 Å². The Morgan fingerprint density at radius 1 is 1.38 bits per heavy atom. The van der Waals surface area contributed by atoms with E-state index in [9.17, 15) is 0 Å². The largest absolute Gasteiger partial charge is 0.384 e. The zero-order valence-corrected chi connectivity index (χ0v) is 10.5. The molecular weight excluding hydrogens is 264 g/mol. The van der Waals surface area contributed by atoms with E-state index in [0.29, 0.717) is 5.56 Å². The summed E-state index contributed by atoms with van der Waals surface area (Å²) in [5.41, 5.74) is 1.54. The Hall–Kier alpha value is -1.45. The van der Waals surface area contributed by atoms with Crippen LogP contribution in [0.1, 0.15) is 24.8 Å². The summed E-state index contributed by atoms with van der Waals surface area (Å²) in [5, 5.41) is 12.2. The van der Waals surface area contributed by atoms with Crippen molar-refractivity contribution in [3.63, 3.8) is 0 Å². The topological polar surface area (TPSA) is 35.8 Å². The molecule has 0 amide bonds. The number of hydrogen-bond acceptors (Lipinski definition) is 2. The van der Waals surface area contributed by atoms with E-state index >= 15 is 0 Å². The van der Waals surface area contributed by atoms with Crippen molar-refractivity contribution in [2.75, 3.05) is 11.9 Å². The standard InChI is InChI=1S/C13H13BrN2/c1-2-3-4-5-8-16-13-7-6-12(14)9-11(13)10-15/h1,6-7,9,16H,3-5,8H2. The maximum Gasteiger partial charge on any atom is 0.101 e. The lowest BCUT2D eigenvalue weighted by molar-refractivity contribution is 0.789. The van der Waals surface area contributed by atoms with E-state index in [1.54, 1.807) is 0 Å². The first-order valence-corrected chi connectivity index (χ1v) is 5.94. The molecule has 82 valence electrons. The summed E-state index contributed by atoms with van der Waals surface area (Å²) in [6.07, 6.45) is 8.01. The van der Waals surface area contributed by atoms with Crippen molar-refractivity contribution in [3.8, 4) is 18.4 Å². The molecular formula is C13H13BrN2. The highest BCUT2D eigenvalue weighted by Crippen LogP contribution is 2.20. The summed E-state index contributed by atoms with van der Waals surface area (Å²) in [7, 11) is 0. The number of nitrogens with one attached hydrogen (secondary N) is 1. The first kappa shape index (κ1) is 12.6. The molecule has 0 radical (unpaired) electrons. The summed E-state index contributed by atoms with van der Waals surface area (Å²) in [4.78, 5) is 0. The molecule has 0 heterocycles. The molecule has 0 aromatic heterocycles. The molecule has 0 saturated heterocycles. The Morgan fingerprint density at radius 3 is 2.88 bits per heavy atom. The predicted octanol–water partition coefficient (Wildman–Crippen LogP) is 3.54. The fourth-order valence-corrected chi connectivity index (χ4v) is 1.70. The number of nitrogens with zero attached hydrogens (tertiary/aromatic N) is 1. The summed E-state index contributed by atoms with van der Waals surface area (Å²) in [6, 6.07) is 7.80. The fourth-order valence-electron chi connectivity index (χ4n) is 1.34. The third-order valence-corrected chi connectivity index (χ3v) is 2.66. The number of hydrogen-bond donors (Lipinski definition) is 1. The molecule has 2 nitrogen and oxygen atoms in total. The van der Waals surface area contributed by atoms with Gasteiger partial charge in [0.25, 0.3) is 0 Å². The van der Waals surface area contributed by atoms with Gasteiger partial charge in [-0.3, -0.25) is 0 Å². The highest BCUT2D eigenvalue weighted by molar-refractivity contribution is 9.10. The molecule has 1 aromatic carbocycles. The number of unbranched alkanes of at least 4 members (excludes halogenated alkanes) is 2. The van der Waals surface area contributed by atoms with Gasteiger partial charge in [-0.05, 0) is 31.0 Å². The van der Waals surface area contributed by atoms with Crippen LogP contribution in [0.3, 0.4) is 0 Å². The minimum atomic E-state index is 0.659. The van der Waals surface area contributed by atoms with E-state index in [1.165, 1.54) is 0 Å². The smallest absolute Gasteiger partial charge is 0.101 e. The SMILES string of the molecule is C#CCCCCNc1ccc(Br)cc1C#N. The van der Waals surface area contributed by atoms with Crippen molar-refractivity contribution in [1.29, 1.82) is 5.26 Å². The van der Waals surface area contributed by atoms with Gasteiger partial charge in [-0.1, -0.05) is 15.9 Å². The van der Waals surface area contributed by atoms with Crippen molar-refractivity contribution >= 4 is 21.6 Å². The summed E-state index contributed by atoms with van der Waals surface area (Å²) in [6.45, 7) is 0.845. The summed E-state index contributed by atoms with van der Waals surface area (Å²) in [5.74, 6) is 2.61. The van der Waals surface area contributed by atoms with Crippen molar-refractivity contribution in [1.82, 2.24) is 0 Å². The molecule has 1 rings (SSSR count). The Morgan fingerprint density at radius 2 is 2.19 bits per heavy atom. The molecule has 0 unspecified atom stereocenters. The minimum absolute atomic E-state index is 0.659. The van der Waals surface area contributed by atoms with Crippen LogP contribution in [-0.4, -0.2) is 6.54 Å². The quantitative estimate of drug-likeness (QED) is 0.660. The zero-order valence-electron chi connectivity index (χ0n) is 8.96. The van der Waals surface area contributed by atoms with Gasteiger partial charge in [0.2, 0.25) is 0 Å². The van der Waals surface area contributed by atoms with Gasteiger partial charge in [0.1, 0.15) is 6.07 Å². The van der Waals surface area contributed by atoms with E-state index in [-0.39, 0.29) is 0 Å². The molecule has 3 heteroatoms. The Kier molecular flexibility index (Phi) is 5.46. The number of halogens is 1. The van der Waals surface area contributed by atoms with Crippen LogP contribution in [0.25, 0.3) is 0 Å². The van der Waals surface area contributed by atoms with E-state index in [2.05, 4.69) is 33.2 Å². The maximum absolute atomic E-state index is 8.95. The second kappa shape index (κ2) is 6.93. The highest BCUT2D eigenvalue weighted by Gasteiger charge is 2.01. The van der Waals surface area contributed by atoms with Crippen LogP contribution >= 0.6 is 15.9 Å². The minimum Gasteiger partial charge on any atom is -0.384 e. The van der Waals surface area contributed by atoms with Crippen LogP contribution in [0.5, 0.6) is 0 Å². The molecule has 0 saturated carbocycles. The molecule has 0 atom stereocenters. The number of rotatable bonds is 5. The van der Waals surface area contributed by atoms with Gasteiger partial charge in [0, 0.05) is 17.4 Å². The lowest BCUT2D eigenvalue weighted by Crippen LogP contribution is -2.02. The Labute approximate surface area is 105 Å². The van der Waals surface area contributed by atoms with Gasteiger partial charge in [-0.2, -0.15) is 5.26 Å². The van der Waals surface area contributed by atoms with Crippen LogP contribution < -0.4 is 5.32 Å². The molecule has 16 heavy (non-hydrogen) atoms. The van der Waals surface area contributed by atoms with Crippen LogP contribution in [-0.2, 0) is 0 Å². The second-order valence-corrected chi connectivity index (χ2v) is 4.31. The molecule has 0 aliphatic carbocycles. The molecule has 1 N–H and O–H groups in total. The number of benzene rings is 1. The Bertz CT molecular complexity index is 427. The van der Waals surface area contributed by atoms with E-state index in [1.807, 2.05) is 18.2 Å². The normalized spacial score (nSPS) is 9.19. The zero-order chi connectivity index (χ0) is 11.8. The van der Waals surface area contributed by atoms with E-state index in [4.69, 9.17) is 11.7 Å². The molecule has 0 fully saturated rings. The molecule has 1 aromatic rings. The van der Waals surface area contributed by atoms with Gasteiger partial charge in [-0.15, -0.1) is 12.3 Å². The monoisotopic (exact) mass is 276 g/mol. The average Bonchev–Trinajstić information content (AvgIpc) is 2.30. The van der Waals surface area contributed by atoms with Crippen molar-refractivity contribution in [3.05, 3.63) is 28.2 Å². The first-order chi connectivity index (χ1) is 7.77. The number of anilines is 1. The highest BCUT2D eigenvalue weighted by atomic mass is 79.9. The first-order valence-electron chi connectivity index (χ1n) is 5.15. The van der Waals surface area contributed by atoms with Crippen LogP contribution in [0.15, 0.2) is 22.7 Å². The van der Waals surface area contributed by atoms with Gasteiger partial charge in [-0.25, -0.2) is 0 Å². The van der Waals surface area contributed by atoms with E-state index in [0.717, 1.165) is 36.0 Å². The Balaban J connectivity index is 2.48. The van der Waals surface area contributed by atoms with E-state index < -0.39 is 0 Å². The lowest BCUT2D eigenvalue weighted by atomic mass is 10.2. The number of terminal acetylenes is 1. The van der Waals surface area contributed by atoms with Crippen molar-refractivity contribution < 1.29 is 0 Å². The van der Waals surface area contributed by atoms with Crippen molar-refractivity contribution in [2.45, 2.75) is 19.3 Å². The summed E-state index contributed by atoms with van der Waals surface area (Å²) < 4.78 is 0.918. The average molecular weight is 277 g/mol. The van der Waals surface area contributed by atoms with Crippen LogP contribution in [0.4, 0.5) is 5.69 Å².